The molecule has 1 atom stereocenters. The van der Waals surface area contributed by atoms with E-state index in [2.05, 4.69) is 14.7 Å². The second kappa shape index (κ2) is 5.36. The molecule has 1 aromatic carbocycles. The minimum Gasteiger partial charge on any atom is -0.496 e. The zero-order valence-corrected chi connectivity index (χ0v) is 11.4. The van der Waals surface area contributed by atoms with Crippen LogP contribution in [-0.2, 0) is 18.1 Å². The zero-order valence-electron chi connectivity index (χ0n) is 11.4. The molecule has 0 saturated heterocycles. The fourth-order valence-electron chi connectivity index (χ4n) is 1.89. The molecule has 2 rings (SSSR count). The highest BCUT2D eigenvalue weighted by Gasteiger charge is 2.40. The first-order chi connectivity index (χ1) is 9.74. The van der Waals surface area contributed by atoms with Gasteiger partial charge in [0.15, 0.2) is 5.82 Å². The van der Waals surface area contributed by atoms with Crippen molar-refractivity contribution < 1.29 is 22.4 Å². The maximum absolute atomic E-state index is 12.5. The smallest absolute Gasteiger partial charge is 0.471 e. The van der Waals surface area contributed by atoms with Gasteiger partial charge in [-0.05, 0) is 18.6 Å². The van der Waals surface area contributed by atoms with Gasteiger partial charge >= 0.3 is 12.1 Å². The molecule has 1 aromatic heterocycles. The van der Waals surface area contributed by atoms with Gasteiger partial charge in [-0.2, -0.15) is 18.2 Å². The number of hydrogen-bond donors (Lipinski definition) is 1. The second-order valence-corrected chi connectivity index (χ2v) is 4.83. The van der Waals surface area contributed by atoms with Crippen molar-refractivity contribution in [1.82, 2.24) is 10.1 Å². The van der Waals surface area contributed by atoms with Gasteiger partial charge in [0.05, 0.1) is 12.6 Å². The van der Waals surface area contributed by atoms with Gasteiger partial charge in [-0.1, -0.05) is 23.4 Å². The van der Waals surface area contributed by atoms with Gasteiger partial charge in [-0.3, -0.25) is 0 Å². The fourth-order valence-corrected chi connectivity index (χ4v) is 1.89. The molecule has 5 nitrogen and oxygen atoms in total. The third-order valence-corrected chi connectivity index (χ3v) is 2.93. The molecular weight excluding hydrogens is 287 g/mol. The number of hydrogen-bond acceptors (Lipinski definition) is 5. The van der Waals surface area contributed by atoms with Gasteiger partial charge in [0.2, 0.25) is 0 Å². The van der Waals surface area contributed by atoms with Crippen molar-refractivity contribution in [2.45, 2.75) is 25.1 Å². The van der Waals surface area contributed by atoms with E-state index in [0.29, 0.717) is 5.75 Å². The molecule has 0 spiro atoms. The summed E-state index contributed by atoms with van der Waals surface area (Å²) in [6.45, 7) is 1.53. The second-order valence-electron chi connectivity index (χ2n) is 4.83. The molecule has 1 heterocycles. The fraction of sp³-hybridized carbons (Fsp3) is 0.385. The van der Waals surface area contributed by atoms with Crippen molar-refractivity contribution in [3.05, 3.63) is 41.5 Å². The van der Waals surface area contributed by atoms with Crippen LogP contribution in [0.3, 0.4) is 0 Å². The highest BCUT2D eigenvalue weighted by Crippen LogP contribution is 2.31. The van der Waals surface area contributed by atoms with E-state index in [0.717, 1.165) is 5.56 Å². The maximum atomic E-state index is 12.5. The SMILES string of the molecule is COc1ccccc1CC(C)(N)c1noc(C(F)(F)F)n1. The van der Waals surface area contributed by atoms with Crippen molar-refractivity contribution >= 4 is 0 Å². The predicted molar refractivity (Wildman–Crippen MR) is 67.5 cm³/mol. The number of aromatic nitrogens is 2. The van der Waals surface area contributed by atoms with Crippen molar-refractivity contribution in [2.24, 2.45) is 5.73 Å². The summed E-state index contributed by atoms with van der Waals surface area (Å²) in [5, 5.41) is 3.33. The molecule has 0 amide bonds. The molecule has 114 valence electrons. The summed E-state index contributed by atoms with van der Waals surface area (Å²) in [7, 11) is 1.50. The van der Waals surface area contributed by atoms with Gasteiger partial charge < -0.3 is 15.0 Å². The summed E-state index contributed by atoms with van der Waals surface area (Å²) in [5.41, 5.74) is 5.56. The summed E-state index contributed by atoms with van der Waals surface area (Å²) < 4.78 is 46.8. The van der Waals surface area contributed by atoms with E-state index < -0.39 is 17.6 Å². The molecule has 0 radical (unpaired) electrons. The largest absolute Gasteiger partial charge is 0.496 e. The lowest BCUT2D eigenvalue weighted by atomic mass is 9.92. The highest BCUT2D eigenvalue weighted by atomic mass is 19.4. The van der Waals surface area contributed by atoms with E-state index >= 15 is 0 Å². The Morgan fingerprint density at radius 2 is 1.95 bits per heavy atom. The van der Waals surface area contributed by atoms with E-state index in [4.69, 9.17) is 10.5 Å². The van der Waals surface area contributed by atoms with Crippen molar-refractivity contribution in [3.8, 4) is 5.75 Å². The van der Waals surface area contributed by atoms with Gasteiger partial charge in [0, 0.05) is 6.42 Å². The Labute approximate surface area is 118 Å². The minimum atomic E-state index is -4.69. The lowest BCUT2D eigenvalue weighted by Crippen LogP contribution is -2.37. The third-order valence-electron chi connectivity index (χ3n) is 2.93. The summed E-state index contributed by atoms with van der Waals surface area (Å²) in [6.07, 6.45) is -4.49. The van der Waals surface area contributed by atoms with Crippen LogP contribution >= 0.6 is 0 Å². The van der Waals surface area contributed by atoms with Crippen molar-refractivity contribution in [2.75, 3.05) is 7.11 Å². The Morgan fingerprint density at radius 3 is 2.52 bits per heavy atom. The number of alkyl halides is 3. The average molecular weight is 301 g/mol. The van der Waals surface area contributed by atoms with Crippen molar-refractivity contribution in [3.63, 3.8) is 0 Å². The Kier molecular flexibility index (Phi) is 3.91. The number of nitrogens with two attached hydrogens (primary N) is 1. The van der Waals surface area contributed by atoms with Crippen LogP contribution in [0.25, 0.3) is 0 Å². The summed E-state index contributed by atoms with van der Waals surface area (Å²) in [4.78, 5) is 3.34. The molecule has 0 aliphatic heterocycles. The van der Waals surface area contributed by atoms with Crippen LogP contribution in [0.4, 0.5) is 13.2 Å². The normalized spacial score (nSPS) is 14.8. The Bertz CT molecular complexity index is 623. The first-order valence-electron chi connectivity index (χ1n) is 6.06. The Hall–Kier alpha value is -2.09. The number of nitrogens with zero attached hydrogens (tertiary/aromatic N) is 2. The summed E-state index contributed by atoms with van der Waals surface area (Å²) in [6, 6.07) is 7.08. The number of benzene rings is 1. The molecule has 2 aromatic rings. The lowest BCUT2D eigenvalue weighted by Gasteiger charge is -2.21. The third kappa shape index (κ3) is 3.33. The monoisotopic (exact) mass is 301 g/mol. The quantitative estimate of drug-likeness (QED) is 0.939. The first kappa shape index (κ1) is 15.3. The highest BCUT2D eigenvalue weighted by molar-refractivity contribution is 5.35. The number of methoxy groups -OCH3 is 1. The van der Waals surface area contributed by atoms with Crippen LogP contribution < -0.4 is 10.5 Å². The number of rotatable bonds is 4. The maximum Gasteiger partial charge on any atom is 0.471 e. The summed E-state index contributed by atoms with van der Waals surface area (Å²) in [5.74, 6) is -1.02. The van der Waals surface area contributed by atoms with Crippen molar-refractivity contribution in [1.29, 1.82) is 0 Å². The lowest BCUT2D eigenvalue weighted by molar-refractivity contribution is -0.159. The number of para-hydroxylation sites is 1. The summed E-state index contributed by atoms with van der Waals surface area (Å²) >= 11 is 0. The van der Waals surface area contributed by atoms with Gasteiger partial charge in [0.1, 0.15) is 5.75 Å². The molecular formula is C13H14F3N3O2. The molecule has 2 N–H and O–H groups in total. The standard InChI is InChI=1S/C13H14F3N3O2/c1-12(17,7-8-5-3-4-6-9(8)20-2)10-18-11(21-19-10)13(14,15)16/h3-6H,7,17H2,1-2H3. The molecule has 0 aliphatic carbocycles. The average Bonchev–Trinajstić information content (AvgIpc) is 2.89. The van der Waals surface area contributed by atoms with Crippen LogP contribution in [0.15, 0.2) is 28.8 Å². The van der Waals surface area contributed by atoms with Crippen LogP contribution in [0, 0.1) is 0 Å². The minimum absolute atomic E-state index is 0.202. The molecule has 21 heavy (non-hydrogen) atoms. The van der Waals surface area contributed by atoms with E-state index in [-0.39, 0.29) is 12.2 Å². The van der Waals surface area contributed by atoms with Crippen LogP contribution in [0.2, 0.25) is 0 Å². The van der Waals surface area contributed by atoms with Gasteiger partial charge in [-0.15, -0.1) is 0 Å². The van der Waals surface area contributed by atoms with Crippen LogP contribution in [-0.4, -0.2) is 17.3 Å². The number of halogens is 3. The molecule has 0 bridgehead atoms. The molecule has 1 unspecified atom stereocenters. The van der Waals surface area contributed by atoms with E-state index in [1.807, 2.05) is 0 Å². The molecule has 0 aliphatic rings. The van der Waals surface area contributed by atoms with Crippen LogP contribution in [0.1, 0.15) is 24.2 Å². The topological polar surface area (TPSA) is 74.2 Å². The van der Waals surface area contributed by atoms with E-state index in [1.54, 1.807) is 24.3 Å². The van der Waals surface area contributed by atoms with E-state index in [9.17, 15) is 13.2 Å². The Balaban J connectivity index is 2.28. The molecule has 0 fully saturated rings. The van der Waals surface area contributed by atoms with E-state index in [1.165, 1.54) is 14.0 Å². The molecule has 0 saturated carbocycles. The first-order valence-corrected chi connectivity index (χ1v) is 6.06. The predicted octanol–water partition coefficient (Wildman–Crippen LogP) is 2.51. The van der Waals surface area contributed by atoms with Crippen LogP contribution in [0.5, 0.6) is 5.75 Å². The Morgan fingerprint density at radius 1 is 1.29 bits per heavy atom. The zero-order chi connectivity index (χ0) is 15.7. The number of ether oxygens (including phenoxy) is 1. The molecule has 8 heteroatoms. The van der Waals surface area contributed by atoms with Gasteiger partial charge in [0.25, 0.3) is 0 Å². The van der Waals surface area contributed by atoms with Gasteiger partial charge in [-0.25, -0.2) is 0 Å².